The second kappa shape index (κ2) is 7.55. The Labute approximate surface area is 129 Å². The van der Waals surface area contributed by atoms with Gasteiger partial charge in [-0.2, -0.15) is 0 Å². The van der Waals surface area contributed by atoms with Crippen LogP contribution in [-0.2, 0) is 11.2 Å². The number of amides is 1. The van der Waals surface area contributed by atoms with Gasteiger partial charge in [-0.1, -0.05) is 35.9 Å². The van der Waals surface area contributed by atoms with Gasteiger partial charge in [-0.05, 0) is 36.2 Å². The van der Waals surface area contributed by atoms with Crippen LogP contribution in [0.15, 0.2) is 48.5 Å². The molecule has 2 aromatic rings. The van der Waals surface area contributed by atoms with Gasteiger partial charge in [0.2, 0.25) is 0 Å². The van der Waals surface area contributed by atoms with E-state index in [0.717, 1.165) is 29.2 Å². The first-order valence-corrected chi connectivity index (χ1v) is 6.99. The van der Waals surface area contributed by atoms with E-state index >= 15 is 0 Å². The number of hydrogen-bond donors (Lipinski definition) is 2. The molecule has 110 valence electrons. The Kier molecular flexibility index (Phi) is 5.46. The van der Waals surface area contributed by atoms with Crippen LogP contribution in [0.2, 0.25) is 5.02 Å². The van der Waals surface area contributed by atoms with Crippen LogP contribution in [-0.4, -0.2) is 19.7 Å². The fraction of sp³-hybridized carbons (Fsp3) is 0.188. The molecule has 1 amide bonds. The molecule has 0 aliphatic heterocycles. The Hall–Kier alpha value is -2.20. The SMILES string of the molecule is COC(=O)Nc1cccc(NCCc2ccccc2Cl)c1. The molecule has 0 saturated carbocycles. The molecule has 0 aromatic heterocycles. The molecular weight excluding hydrogens is 288 g/mol. The van der Waals surface area contributed by atoms with Gasteiger partial charge < -0.3 is 10.1 Å². The molecule has 0 aliphatic rings. The first-order valence-electron chi connectivity index (χ1n) is 6.61. The molecule has 2 rings (SSSR count). The van der Waals surface area contributed by atoms with E-state index in [2.05, 4.69) is 15.4 Å². The van der Waals surface area contributed by atoms with Crippen LogP contribution in [0.3, 0.4) is 0 Å². The van der Waals surface area contributed by atoms with Crippen molar-refractivity contribution in [2.24, 2.45) is 0 Å². The van der Waals surface area contributed by atoms with Crippen molar-refractivity contribution in [3.05, 3.63) is 59.1 Å². The summed E-state index contributed by atoms with van der Waals surface area (Å²) in [4.78, 5) is 11.2. The smallest absolute Gasteiger partial charge is 0.411 e. The van der Waals surface area contributed by atoms with Crippen LogP contribution in [0.25, 0.3) is 0 Å². The third kappa shape index (κ3) is 4.68. The van der Waals surface area contributed by atoms with E-state index in [1.165, 1.54) is 7.11 Å². The van der Waals surface area contributed by atoms with Crippen molar-refractivity contribution in [2.75, 3.05) is 24.3 Å². The molecule has 21 heavy (non-hydrogen) atoms. The molecule has 4 nitrogen and oxygen atoms in total. The molecule has 0 aliphatic carbocycles. The maximum absolute atomic E-state index is 11.2. The Morgan fingerprint density at radius 3 is 2.67 bits per heavy atom. The summed E-state index contributed by atoms with van der Waals surface area (Å²) in [6.07, 6.45) is 0.345. The fourth-order valence-corrected chi connectivity index (χ4v) is 2.15. The molecule has 0 bridgehead atoms. The molecular formula is C16H17ClN2O2. The number of hydrogen-bond acceptors (Lipinski definition) is 3. The summed E-state index contributed by atoms with van der Waals surface area (Å²) in [5.74, 6) is 0. The van der Waals surface area contributed by atoms with E-state index in [1.807, 2.05) is 42.5 Å². The zero-order valence-electron chi connectivity index (χ0n) is 11.7. The van der Waals surface area contributed by atoms with Crippen molar-refractivity contribution in [1.29, 1.82) is 0 Å². The number of rotatable bonds is 5. The number of carbonyl (C=O) groups excluding carboxylic acids is 1. The Balaban J connectivity index is 1.90. The summed E-state index contributed by atoms with van der Waals surface area (Å²) in [5.41, 5.74) is 2.72. The lowest BCUT2D eigenvalue weighted by molar-refractivity contribution is 0.187. The molecule has 0 radical (unpaired) electrons. The molecule has 0 atom stereocenters. The molecule has 0 heterocycles. The van der Waals surface area contributed by atoms with E-state index in [9.17, 15) is 4.79 Å². The monoisotopic (exact) mass is 304 g/mol. The van der Waals surface area contributed by atoms with E-state index in [4.69, 9.17) is 11.6 Å². The topological polar surface area (TPSA) is 50.4 Å². The lowest BCUT2D eigenvalue weighted by atomic mass is 10.1. The highest BCUT2D eigenvalue weighted by Gasteiger charge is 2.02. The number of anilines is 2. The predicted molar refractivity (Wildman–Crippen MR) is 86.1 cm³/mol. The summed E-state index contributed by atoms with van der Waals surface area (Å²) in [6, 6.07) is 15.2. The highest BCUT2D eigenvalue weighted by molar-refractivity contribution is 6.31. The van der Waals surface area contributed by atoms with Crippen LogP contribution in [0.4, 0.5) is 16.2 Å². The molecule has 0 unspecified atom stereocenters. The highest BCUT2D eigenvalue weighted by Crippen LogP contribution is 2.17. The summed E-state index contributed by atoms with van der Waals surface area (Å²) in [6.45, 7) is 0.755. The third-order valence-corrected chi connectivity index (χ3v) is 3.34. The van der Waals surface area contributed by atoms with Gasteiger partial charge in [0.05, 0.1) is 7.11 Å². The lowest BCUT2D eigenvalue weighted by Gasteiger charge is -2.09. The van der Waals surface area contributed by atoms with Gasteiger partial charge in [0.1, 0.15) is 0 Å². The predicted octanol–water partition coefficient (Wildman–Crippen LogP) is 4.17. The summed E-state index contributed by atoms with van der Waals surface area (Å²) < 4.78 is 4.56. The van der Waals surface area contributed by atoms with Crippen molar-refractivity contribution in [2.45, 2.75) is 6.42 Å². The lowest BCUT2D eigenvalue weighted by Crippen LogP contribution is -2.11. The van der Waals surface area contributed by atoms with E-state index in [-0.39, 0.29) is 0 Å². The van der Waals surface area contributed by atoms with E-state index < -0.39 is 6.09 Å². The first-order chi connectivity index (χ1) is 10.2. The average Bonchev–Trinajstić information content (AvgIpc) is 2.49. The maximum Gasteiger partial charge on any atom is 0.411 e. The zero-order chi connectivity index (χ0) is 15.1. The van der Waals surface area contributed by atoms with Gasteiger partial charge in [0.15, 0.2) is 0 Å². The van der Waals surface area contributed by atoms with Crippen molar-refractivity contribution in [3.63, 3.8) is 0 Å². The number of nitrogens with one attached hydrogen (secondary N) is 2. The Morgan fingerprint density at radius 2 is 1.90 bits per heavy atom. The van der Waals surface area contributed by atoms with E-state index in [1.54, 1.807) is 6.07 Å². The normalized spacial score (nSPS) is 10.0. The van der Waals surface area contributed by atoms with Gasteiger partial charge in [-0.3, -0.25) is 5.32 Å². The Bertz CT molecular complexity index is 617. The Morgan fingerprint density at radius 1 is 1.14 bits per heavy atom. The van der Waals surface area contributed by atoms with Crippen LogP contribution in [0.1, 0.15) is 5.56 Å². The van der Waals surface area contributed by atoms with Crippen molar-refractivity contribution in [1.82, 2.24) is 0 Å². The quantitative estimate of drug-likeness (QED) is 0.871. The second-order valence-electron chi connectivity index (χ2n) is 4.47. The molecule has 2 aromatic carbocycles. The molecule has 5 heteroatoms. The minimum Gasteiger partial charge on any atom is -0.453 e. The first kappa shape index (κ1) is 15.2. The van der Waals surface area contributed by atoms with Crippen molar-refractivity contribution < 1.29 is 9.53 Å². The van der Waals surface area contributed by atoms with E-state index in [0.29, 0.717) is 5.69 Å². The summed E-state index contributed by atoms with van der Waals surface area (Å²) >= 11 is 6.12. The fourth-order valence-electron chi connectivity index (χ4n) is 1.92. The molecule has 0 saturated heterocycles. The van der Waals surface area contributed by atoms with Crippen LogP contribution in [0.5, 0.6) is 0 Å². The maximum atomic E-state index is 11.2. The van der Waals surface area contributed by atoms with Crippen LogP contribution in [0, 0.1) is 0 Å². The second-order valence-corrected chi connectivity index (χ2v) is 4.87. The number of carbonyl (C=O) groups is 1. The standard InChI is InChI=1S/C16H17ClN2O2/c1-21-16(20)19-14-7-4-6-13(11-14)18-10-9-12-5-2-3-8-15(12)17/h2-8,11,18H,9-10H2,1H3,(H,19,20). The minimum atomic E-state index is -0.483. The van der Waals surface area contributed by atoms with Gasteiger partial charge >= 0.3 is 6.09 Å². The number of benzene rings is 2. The van der Waals surface area contributed by atoms with Gasteiger partial charge in [0, 0.05) is 22.9 Å². The van der Waals surface area contributed by atoms with Crippen molar-refractivity contribution in [3.8, 4) is 0 Å². The minimum absolute atomic E-state index is 0.483. The number of methoxy groups -OCH3 is 1. The highest BCUT2D eigenvalue weighted by atomic mass is 35.5. The molecule has 2 N–H and O–H groups in total. The van der Waals surface area contributed by atoms with Crippen LogP contribution >= 0.6 is 11.6 Å². The number of halogens is 1. The molecule has 0 spiro atoms. The third-order valence-electron chi connectivity index (χ3n) is 2.98. The largest absolute Gasteiger partial charge is 0.453 e. The van der Waals surface area contributed by atoms with Crippen LogP contribution < -0.4 is 10.6 Å². The average molecular weight is 305 g/mol. The van der Waals surface area contributed by atoms with Gasteiger partial charge in [-0.25, -0.2) is 4.79 Å². The van der Waals surface area contributed by atoms with Crippen molar-refractivity contribution >= 4 is 29.1 Å². The summed E-state index contributed by atoms with van der Waals surface area (Å²) in [5, 5.41) is 6.71. The summed E-state index contributed by atoms with van der Waals surface area (Å²) in [7, 11) is 1.33. The number of ether oxygens (including phenoxy) is 1. The van der Waals surface area contributed by atoms with Gasteiger partial charge in [0.25, 0.3) is 0 Å². The zero-order valence-corrected chi connectivity index (χ0v) is 12.5. The molecule has 0 fully saturated rings. The van der Waals surface area contributed by atoms with Gasteiger partial charge in [-0.15, -0.1) is 0 Å².